The number of aryl methyl sites for hydroxylation is 1. The van der Waals surface area contributed by atoms with Crippen LogP contribution in [0.4, 0.5) is 0 Å². The highest BCUT2D eigenvalue weighted by Crippen LogP contribution is 2.25. The molecule has 0 radical (unpaired) electrons. The summed E-state index contributed by atoms with van der Waals surface area (Å²) in [5.41, 5.74) is 1.26. The third-order valence-electron chi connectivity index (χ3n) is 4.30. The van der Waals surface area contributed by atoms with Crippen molar-refractivity contribution in [2.24, 2.45) is 0 Å². The Morgan fingerprint density at radius 2 is 2.09 bits per heavy atom. The van der Waals surface area contributed by atoms with Gasteiger partial charge in [-0.25, -0.2) is 0 Å². The van der Waals surface area contributed by atoms with Crippen molar-refractivity contribution in [3.63, 3.8) is 0 Å². The van der Waals surface area contributed by atoms with E-state index in [9.17, 15) is 9.59 Å². The summed E-state index contributed by atoms with van der Waals surface area (Å²) in [5, 5.41) is 13.0. The minimum atomic E-state index is -0.938. The average molecular weight is 308 g/mol. The van der Waals surface area contributed by atoms with E-state index in [4.69, 9.17) is 14.4 Å². The molecule has 7 heteroatoms. The SMILES string of the molecule is O=C(O)CC1COCCN1C(=O)c1noc2c1CCCCC2. The van der Waals surface area contributed by atoms with E-state index in [1.165, 1.54) is 0 Å². The quantitative estimate of drug-likeness (QED) is 0.845. The summed E-state index contributed by atoms with van der Waals surface area (Å²) < 4.78 is 10.7. The smallest absolute Gasteiger partial charge is 0.305 e. The van der Waals surface area contributed by atoms with Gasteiger partial charge in [-0.3, -0.25) is 9.59 Å². The van der Waals surface area contributed by atoms with Gasteiger partial charge in [0.15, 0.2) is 5.69 Å². The van der Waals surface area contributed by atoms with Gasteiger partial charge in [-0.1, -0.05) is 11.6 Å². The normalized spacial score (nSPS) is 22.0. The summed E-state index contributed by atoms with van der Waals surface area (Å²) in [6, 6.07) is -0.447. The third kappa shape index (κ3) is 2.99. The van der Waals surface area contributed by atoms with E-state index < -0.39 is 12.0 Å². The first-order chi connectivity index (χ1) is 10.7. The van der Waals surface area contributed by atoms with Crippen LogP contribution < -0.4 is 0 Å². The second-order valence-electron chi connectivity index (χ2n) is 5.82. The molecule has 1 amide bonds. The monoisotopic (exact) mass is 308 g/mol. The molecule has 1 atom stereocenters. The maximum Gasteiger partial charge on any atom is 0.305 e. The lowest BCUT2D eigenvalue weighted by atomic mass is 10.1. The summed E-state index contributed by atoms with van der Waals surface area (Å²) in [5.74, 6) is -0.363. The Balaban J connectivity index is 1.83. The van der Waals surface area contributed by atoms with Gasteiger partial charge in [0.2, 0.25) is 0 Å². The van der Waals surface area contributed by atoms with Crippen LogP contribution >= 0.6 is 0 Å². The summed E-state index contributed by atoms with van der Waals surface area (Å²) in [4.78, 5) is 25.3. The molecule has 22 heavy (non-hydrogen) atoms. The van der Waals surface area contributed by atoms with Crippen LogP contribution in [-0.2, 0) is 22.4 Å². The molecular weight excluding hydrogens is 288 g/mol. The number of carbonyl (C=O) groups excluding carboxylic acids is 1. The van der Waals surface area contributed by atoms with Crippen molar-refractivity contribution >= 4 is 11.9 Å². The summed E-state index contributed by atoms with van der Waals surface area (Å²) >= 11 is 0. The van der Waals surface area contributed by atoms with Gasteiger partial charge in [0.25, 0.3) is 5.91 Å². The summed E-state index contributed by atoms with van der Waals surface area (Å²) in [6.45, 7) is 1.05. The van der Waals surface area contributed by atoms with Crippen LogP contribution in [0.15, 0.2) is 4.52 Å². The maximum absolute atomic E-state index is 12.8. The van der Waals surface area contributed by atoms with Crippen molar-refractivity contribution in [1.82, 2.24) is 10.1 Å². The number of hydrogen-bond donors (Lipinski definition) is 1. The lowest BCUT2D eigenvalue weighted by Gasteiger charge is -2.34. The van der Waals surface area contributed by atoms with Crippen molar-refractivity contribution in [3.05, 3.63) is 17.0 Å². The molecule has 1 aliphatic heterocycles. The number of hydrogen-bond acceptors (Lipinski definition) is 5. The fourth-order valence-corrected chi connectivity index (χ4v) is 3.16. The van der Waals surface area contributed by atoms with Crippen molar-refractivity contribution in [1.29, 1.82) is 0 Å². The largest absolute Gasteiger partial charge is 0.481 e. The van der Waals surface area contributed by atoms with Crippen LogP contribution in [0.5, 0.6) is 0 Å². The van der Waals surface area contributed by atoms with E-state index in [1.54, 1.807) is 4.90 Å². The molecule has 7 nitrogen and oxygen atoms in total. The number of morpholine rings is 1. The molecular formula is C15H20N2O5. The van der Waals surface area contributed by atoms with E-state index in [2.05, 4.69) is 5.16 Å². The average Bonchev–Trinajstić information content (AvgIpc) is 2.75. The van der Waals surface area contributed by atoms with Crippen LogP contribution in [0.1, 0.15) is 47.5 Å². The zero-order valence-electron chi connectivity index (χ0n) is 12.4. The van der Waals surface area contributed by atoms with Gasteiger partial charge < -0.3 is 19.3 Å². The number of aromatic nitrogens is 1. The van der Waals surface area contributed by atoms with Crippen LogP contribution in [0.25, 0.3) is 0 Å². The molecule has 3 rings (SSSR count). The summed E-state index contributed by atoms with van der Waals surface area (Å²) in [7, 11) is 0. The Labute approximate surface area is 128 Å². The highest BCUT2D eigenvalue weighted by Gasteiger charge is 2.33. The van der Waals surface area contributed by atoms with E-state index >= 15 is 0 Å². The third-order valence-corrected chi connectivity index (χ3v) is 4.30. The van der Waals surface area contributed by atoms with Gasteiger partial charge in [0.05, 0.1) is 25.7 Å². The number of rotatable bonds is 3. The molecule has 2 heterocycles. The first-order valence-electron chi connectivity index (χ1n) is 7.74. The molecule has 120 valence electrons. The number of nitrogens with zero attached hydrogens (tertiary/aromatic N) is 2. The highest BCUT2D eigenvalue weighted by molar-refractivity contribution is 5.94. The molecule has 1 aromatic heterocycles. The molecule has 0 bridgehead atoms. The van der Waals surface area contributed by atoms with Crippen molar-refractivity contribution in [3.8, 4) is 0 Å². The Kier molecular flexibility index (Phi) is 4.42. The van der Waals surface area contributed by atoms with Gasteiger partial charge in [-0.05, 0) is 19.3 Å². The van der Waals surface area contributed by atoms with Crippen LogP contribution in [-0.4, -0.2) is 52.8 Å². The number of amides is 1. The van der Waals surface area contributed by atoms with Gasteiger partial charge in [-0.15, -0.1) is 0 Å². The number of ether oxygens (including phenoxy) is 1. The number of fused-ring (bicyclic) bond motifs is 1. The molecule has 1 fully saturated rings. The van der Waals surface area contributed by atoms with Gasteiger partial charge in [-0.2, -0.15) is 0 Å². The molecule has 0 spiro atoms. The van der Waals surface area contributed by atoms with E-state index in [1.807, 2.05) is 0 Å². The maximum atomic E-state index is 12.8. The Hall–Kier alpha value is -1.89. The second-order valence-corrected chi connectivity index (χ2v) is 5.82. The van der Waals surface area contributed by atoms with Crippen LogP contribution in [0.2, 0.25) is 0 Å². The molecule has 1 aliphatic carbocycles. The topological polar surface area (TPSA) is 92.9 Å². The lowest BCUT2D eigenvalue weighted by Crippen LogP contribution is -2.49. The fourth-order valence-electron chi connectivity index (χ4n) is 3.16. The zero-order valence-corrected chi connectivity index (χ0v) is 12.4. The van der Waals surface area contributed by atoms with Crippen LogP contribution in [0.3, 0.4) is 0 Å². The molecule has 0 saturated carbocycles. The fraction of sp³-hybridized carbons (Fsp3) is 0.667. The second kappa shape index (κ2) is 6.48. The van der Waals surface area contributed by atoms with Crippen LogP contribution in [0, 0.1) is 0 Å². The van der Waals surface area contributed by atoms with Crippen molar-refractivity contribution in [2.45, 2.75) is 44.6 Å². The van der Waals surface area contributed by atoms with E-state index in [0.717, 1.165) is 43.4 Å². The lowest BCUT2D eigenvalue weighted by molar-refractivity contribution is -0.139. The molecule has 2 aliphatic rings. The standard InChI is InChI=1S/C15H20N2O5/c18-13(19)8-10-9-21-7-6-17(10)15(20)14-11-4-2-1-3-5-12(11)22-16-14/h10H,1-9H2,(H,18,19). The minimum Gasteiger partial charge on any atom is -0.481 e. The predicted molar refractivity (Wildman–Crippen MR) is 75.7 cm³/mol. The number of carboxylic acids is 1. The minimum absolute atomic E-state index is 0.119. The molecule has 0 aromatic carbocycles. The van der Waals surface area contributed by atoms with Crippen molar-refractivity contribution < 1.29 is 24.0 Å². The van der Waals surface area contributed by atoms with Gasteiger partial charge in [0, 0.05) is 18.5 Å². The first-order valence-corrected chi connectivity index (χ1v) is 7.74. The Morgan fingerprint density at radius 1 is 1.27 bits per heavy atom. The van der Waals surface area contributed by atoms with E-state index in [-0.39, 0.29) is 18.9 Å². The predicted octanol–water partition coefficient (Wildman–Crippen LogP) is 1.26. The molecule has 1 saturated heterocycles. The van der Waals surface area contributed by atoms with E-state index in [0.29, 0.717) is 18.8 Å². The van der Waals surface area contributed by atoms with Gasteiger partial charge in [0.1, 0.15) is 5.76 Å². The number of carboxylic acid groups (broad SMARTS) is 1. The first kappa shape index (κ1) is 15.0. The molecule has 1 aromatic rings. The zero-order chi connectivity index (χ0) is 15.5. The van der Waals surface area contributed by atoms with Gasteiger partial charge >= 0.3 is 5.97 Å². The van der Waals surface area contributed by atoms with Crippen molar-refractivity contribution in [2.75, 3.05) is 19.8 Å². The highest BCUT2D eigenvalue weighted by atomic mass is 16.5. The molecule has 1 unspecified atom stereocenters. The molecule has 1 N–H and O–H groups in total. The Bertz CT molecular complexity index is 568. The number of aliphatic carboxylic acids is 1. The summed E-state index contributed by atoms with van der Waals surface area (Å²) in [6.07, 6.45) is 4.69. The Morgan fingerprint density at radius 3 is 2.91 bits per heavy atom. The number of carbonyl (C=O) groups is 2.